The molecule has 0 amide bonds. The topological polar surface area (TPSA) is 0 Å². The predicted molar refractivity (Wildman–Crippen MR) is 74.5 cm³/mol. The summed E-state index contributed by atoms with van der Waals surface area (Å²) in [5.74, 6) is 0. The van der Waals surface area contributed by atoms with Crippen LogP contribution in [0.5, 0.6) is 0 Å². The van der Waals surface area contributed by atoms with E-state index in [0.717, 1.165) is 0 Å². The summed E-state index contributed by atoms with van der Waals surface area (Å²) in [5.41, 5.74) is 3.23. The zero-order valence-electron chi connectivity index (χ0n) is 10.6. The summed E-state index contributed by atoms with van der Waals surface area (Å²) in [5, 5.41) is 3.68. The lowest BCUT2D eigenvalue weighted by Gasteiger charge is -2.21. The van der Waals surface area contributed by atoms with E-state index in [4.69, 9.17) is 0 Å². The van der Waals surface area contributed by atoms with Crippen molar-refractivity contribution in [3.05, 3.63) is 34.7 Å². The molecular formula is C15H20S. The fraction of sp³-hybridized carbons (Fsp3) is 0.467. The highest BCUT2D eigenvalue weighted by Gasteiger charge is 2.18. The monoisotopic (exact) mass is 232 g/mol. The van der Waals surface area contributed by atoms with Gasteiger partial charge in [0.2, 0.25) is 0 Å². The van der Waals surface area contributed by atoms with E-state index in [2.05, 4.69) is 51.3 Å². The molecule has 0 unspecified atom stereocenters. The van der Waals surface area contributed by atoms with Crippen molar-refractivity contribution >= 4 is 21.4 Å². The maximum absolute atomic E-state index is 2.32. The van der Waals surface area contributed by atoms with Crippen molar-refractivity contribution in [3.63, 3.8) is 0 Å². The van der Waals surface area contributed by atoms with E-state index in [1.54, 1.807) is 0 Å². The van der Waals surface area contributed by atoms with Gasteiger partial charge in [-0.1, -0.05) is 46.2 Å². The van der Waals surface area contributed by atoms with Gasteiger partial charge in [0.15, 0.2) is 0 Å². The van der Waals surface area contributed by atoms with E-state index in [0.29, 0.717) is 0 Å². The molecule has 1 heterocycles. The Bertz CT molecular complexity index is 486. The summed E-state index contributed by atoms with van der Waals surface area (Å²) in [6.45, 7) is 9.12. The normalized spacial score (nSPS) is 12.2. The molecule has 0 atom stereocenters. The van der Waals surface area contributed by atoms with E-state index in [9.17, 15) is 0 Å². The Labute approximate surface area is 102 Å². The zero-order valence-corrected chi connectivity index (χ0v) is 11.4. The van der Waals surface area contributed by atoms with Gasteiger partial charge in [-0.2, -0.15) is 0 Å². The minimum atomic E-state index is 0.240. The van der Waals surface area contributed by atoms with Crippen LogP contribution < -0.4 is 0 Å². The Kier molecular flexibility index (Phi) is 3.07. The standard InChI is InChI=1S/C15H20S/c1-5-6-11-7-8-13(15(2,3)4)12-9-10-16-14(11)12/h7-10H,5-6H2,1-4H3. The summed E-state index contributed by atoms with van der Waals surface area (Å²) in [4.78, 5) is 0. The van der Waals surface area contributed by atoms with Crippen LogP contribution in [0.2, 0.25) is 0 Å². The van der Waals surface area contributed by atoms with Gasteiger partial charge in [-0.15, -0.1) is 11.3 Å². The Morgan fingerprint density at radius 3 is 2.50 bits per heavy atom. The van der Waals surface area contributed by atoms with Crippen molar-refractivity contribution < 1.29 is 0 Å². The molecule has 0 spiro atoms. The Balaban J connectivity index is 2.64. The molecule has 86 valence electrons. The van der Waals surface area contributed by atoms with Gasteiger partial charge in [0.05, 0.1) is 0 Å². The molecule has 1 aromatic heterocycles. The average molecular weight is 232 g/mol. The van der Waals surface area contributed by atoms with Gasteiger partial charge in [0, 0.05) is 4.70 Å². The van der Waals surface area contributed by atoms with E-state index in [1.165, 1.54) is 34.1 Å². The largest absolute Gasteiger partial charge is 0.144 e. The van der Waals surface area contributed by atoms with E-state index >= 15 is 0 Å². The molecule has 0 bridgehead atoms. The van der Waals surface area contributed by atoms with Crippen molar-refractivity contribution in [3.8, 4) is 0 Å². The number of hydrogen-bond donors (Lipinski definition) is 0. The molecule has 0 aliphatic heterocycles. The molecule has 16 heavy (non-hydrogen) atoms. The van der Waals surface area contributed by atoms with E-state index in [1.807, 2.05) is 11.3 Å². The van der Waals surface area contributed by atoms with Gasteiger partial charge >= 0.3 is 0 Å². The lowest BCUT2D eigenvalue weighted by atomic mass is 9.84. The fourth-order valence-electron chi connectivity index (χ4n) is 2.24. The lowest BCUT2D eigenvalue weighted by molar-refractivity contribution is 0.596. The number of thiophene rings is 1. The molecule has 0 nitrogen and oxygen atoms in total. The third kappa shape index (κ3) is 2.01. The molecule has 0 N–H and O–H groups in total. The van der Waals surface area contributed by atoms with E-state index < -0.39 is 0 Å². The molecule has 2 rings (SSSR count). The fourth-order valence-corrected chi connectivity index (χ4v) is 3.21. The number of aryl methyl sites for hydroxylation is 1. The van der Waals surface area contributed by atoms with Crippen LogP contribution in [0.15, 0.2) is 23.6 Å². The van der Waals surface area contributed by atoms with Crippen LogP contribution in [0.3, 0.4) is 0 Å². The first-order valence-corrected chi connectivity index (χ1v) is 6.91. The van der Waals surface area contributed by atoms with Gasteiger partial charge < -0.3 is 0 Å². The van der Waals surface area contributed by atoms with Crippen LogP contribution in [0, 0.1) is 0 Å². The maximum atomic E-state index is 2.32. The maximum Gasteiger partial charge on any atom is 0.0377 e. The molecule has 0 saturated heterocycles. The van der Waals surface area contributed by atoms with Gasteiger partial charge in [-0.05, 0) is 39.8 Å². The van der Waals surface area contributed by atoms with Crippen molar-refractivity contribution in [1.29, 1.82) is 0 Å². The first-order valence-electron chi connectivity index (χ1n) is 6.03. The highest BCUT2D eigenvalue weighted by molar-refractivity contribution is 7.17. The number of hydrogen-bond acceptors (Lipinski definition) is 1. The molecule has 0 saturated carbocycles. The highest BCUT2D eigenvalue weighted by atomic mass is 32.1. The second kappa shape index (κ2) is 4.21. The second-order valence-corrected chi connectivity index (χ2v) is 6.35. The third-order valence-electron chi connectivity index (χ3n) is 3.03. The summed E-state index contributed by atoms with van der Waals surface area (Å²) in [6.07, 6.45) is 2.42. The Morgan fingerprint density at radius 1 is 1.12 bits per heavy atom. The van der Waals surface area contributed by atoms with Crippen LogP contribution in [0.1, 0.15) is 45.2 Å². The van der Waals surface area contributed by atoms with Crippen LogP contribution in [-0.4, -0.2) is 0 Å². The lowest BCUT2D eigenvalue weighted by Crippen LogP contribution is -2.11. The molecular weight excluding hydrogens is 212 g/mol. The van der Waals surface area contributed by atoms with Gasteiger partial charge in [-0.3, -0.25) is 0 Å². The van der Waals surface area contributed by atoms with Crippen molar-refractivity contribution in [2.75, 3.05) is 0 Å². The third-order valence-corrected chi connectivity index (χ3v) is 4.02. The summed E-state index contributed by atoms with van der Waals surface area (Å²) >= 11 is 1.88. The molecule has 1 heteroatoms. The second-order valence-electron chi connectivity index (χ2n) is 5.44. The predicted octanol–water partition coefficient (Wildman–Crippen LogP) is 5.15. The zero-order chi connectivity index (χ0) is 11.8. The summed E-state index contributed by atoms with van der Waals surface area (Å²) in [6, 6.07) is 6.92. The number of fused-ring (bicyclic) bond motifs is 1. The van der Waals surface area contributed by atoms with Crippen molar-refractivity contribution in [2.45, 2.75) is 46.0 Å². The van der Waals surface area contributed by atoms with Crippen molar-refractivity contribution in [2.24, 2.45) is 0 Å². The van der Waals surface area contributed by atoms with Crippen LogP contribution in [0.25, 0.3) is 10.1 Å². The van der Waals surface area contributed by atoms with Crippen LogP contribution in [0.4, 0.5) is 0 Å². The quantitative estimate of drug-likeness (QED) is 0.671. The van der Waals surface area contributed by atoms with Crippen molar-refractivity contribution in [1.82, 2.24) is 0 Å². The summed E-state index contributed by atoms with van der Waals surface area (Å²) in [7, 11) is 0. The van der Waals surface area contributed by atoms with E-state index in [-0.39, 0.29) is 5.41 Å². The van der Waals surface area contributed by atoms with Crippen LogP contribution in [-0.2, 0) is 11.8 Å². The first kappa shape index (κ1) is 11.7. The smallest absolute Gasteiger partial charge is 0.0377 e. The van der Waals surface area contributed by atoms with Crippen LogP contribution >= 0.6 is 11.3 Å². The highest BCUT2D eigenvalue weighted by Crippen LogP contribution is 2.35. The molecule has 0 radical (unpaired) electrons. The average Bonchev–Trinajstić information content (AvgIpc) is 2.65. The SMILES string of the molecule is CCCc1ccc(C(C)(C)C)c2ccsc12. The molecule has 1 aromatic carbocycles. The molecule has 0 fully saturated rings. The first-order chi connectivity index (χ1) is 7.54. The summed E-state index contributed by atoms with van der Waals surface area (Å²) < 4.78 is 1.49. The Hall–Kier alpha value is -0.820. The molecule has 2 aromatic rings. The number of rotatable bonds is 2. The van der Waals surface area contributed by atoms with Gasteiger partial charge in [-0.25, -0.2) is 0 Å². The molecule has 0 aliphatic rings. The van der Waals surface area contributed by atoms with Gasteiger partial charge in [0.1, 0.15) is 0 Å². The Morgan fingerprint density at radius 2 is 1.88 bits per heavy atom. The van der Waals surface area contributed by atoms with Gasteiger partial charge in [0.25, 0.3) is 0 Å². The number of benzene rings is 1. The molecule has 0 aliphatic carbocycles. The minimum absolute atomic E-state index is 0.240. The minimum Gasteiger partial charge on any atom is -0.144 e.